The third-order valence-corrected chi connectivity index (χ3v) is 4.19. The van der Waals surface area contributed by atoms with Crippen LogP contribution in [0, 0.1) is 0 Å². The molecule has 3 nitrogen and oxygen atoms in total. The first kappa shape index (κ1) is 18.3. The molecule has 0 saturated carbocycles. The van der Waals surface area contributed by atoms with Gasteiger partial charge in [0.25, 0.3) is 0 Å². The molecule has 0 aliphatic carbocycles. The maximum atomic E-state index is 6.15. The SMILES string of the molecule is CNCc1ccc(OCc2cc(Cl)ccc2OCc2ccccc2)cc1. The van der Waals surface area contributed by atoms with E-state index in [0.717, 1.165) is 29.2 Å². The molecule has 0 spiro atoms. The second-order valence-electron chi connectivity index (χ2n) is 5.99. The topological polar surface area (TPSA) is 30.5 Å². The van der Waals surface area contributed by atoms with Gasteiger partial charge in [-0.25, -0.2) is 0 Å². The first-order valence-corrected chi connectivity index (χ1v) is 8.94. The van der Waals surface area contributed by atoms with Crippen molar-refractivity contribution in [2.24, 2.45) is 0 Å². The van der Waals surface area contributed by atoms with Crippen LogP contribution in [-0.4, -0.2) is 7.05 Å². The first-order valence-electron chi connectivity index (χ1n) is 8.56. The van der Waals surface area contributed by atoms with E-state index in [0.29, 0.717) is 18.2 Å². The van der Waals surface area contributed by atoms with E-state index in [2.05, 4.69) is 17.4 Å². The molecule has 0 saturated heterocycles. The van der Waals surface area contributed by atoms with Gasteiger partial charge < -0.3 is 14.8 Å². The summed E-state index contributed by atoms with van der Waals surface area (Å²) in [5.41, 5.74) is 3.26. The van der Waals surface area contributed by atoms with Crippen LogP contribution in [0.1, 0.15) is 16.7 Å². The summed E-state index contributed by atoms with van der Waals surface area (Å²) in [5.74, 6) is 1.60. The molecule has 0 aromatic heterocycles. The maximum Gasteiger partial charge on any atom is 0.126 e. The molecule has 134 valence electrons. The summed E-state index contributed by atoms with van der Waals surface area (Å²) < 4.78 is 11.9. The number of hydrogen-bond donors (Lipinski definition) is 1. The van der Waals surface area contributed by atoms with Crippen molar-refractivity contribution in [3.05, 3.63) is 94.5 Å². The fraction of sp³-hybridized carbons (Fsp3) is 0.182. The molecule has 0 bridgehead atoms. The lowest BCUT2D eigenvalue weighted by atomic mass is 10.2. The van der Waals surface area contributed by atoms with Crippen molar-refractivity contribution in [3.63, 3.8) is 0 Å². The third kappa shape index (κ3) is 5.25. The maximum absolute atomic E-state index is 6.15. The van der Waals surface area contributed by atoms with Crippen molar-refractivity contribution < 1.29 is 9.47 Å². The van der Waals surface area contributed by atoms with Gasteiger partial charge in [-0.15, -0.1) is 0 Å². The fourth-order valence-electron chi connectivity index (χ4n) is 2.61. The smallest absolute Gasteiger partial charge is 0.126 e. The van der Waals surface area contributed by atoms with Crippen molar-refractivity contribution in [2.45, 2.75) is 19.8 Å². The summed E-state index contributed by atoms with van der Waals surface area (Å²) in [6.07, 6.45) is 0. The van der Waals surface area contributed by atoms with E-state index >= 15 is 0 Å². The number of halogens is 1. The van der Waals surface area contributed by atoms with Crippen LogP contribution in [0.2, 0.25) is 5.02 Å². The van der Waals surface area contributed by atoms with Crippen molar-refractivity contribution in [1.29, 1.82) is 0 Å². The molecular formula is C22H22ClNO2. The minimum atomic E-state index is 0.399. The molecule has 3 rings (SSSR count). The zero-order valence-electron chi connectivity index (χ0n) is 14.7. The Kier molecular flexibility index (Phi) is 6.53. The molecule has 0 heterocycles. The van der Waals surface area contributed by atoms with Crippen LogP contribution in [0.3, 0.4) is 0 Å². The number of hydrogen-bond acceptors (Lipinski definition) is 3. The van der Waals surface area contributed by atoms with Gasteiger partial charge in [0.1, 0.15) is 24.7 Å². The number of benzene rings is 3. The Morgan fingerprint density at radius 1 is 0.808 bits per heavy atom. The molecular weight excluding hydrogens is 346 g/mol. The largest absolute Gasteiger partial charge is 0.489 e. The summed E-state index contributed by atoms with van der Waals surface area (Å²) >= 11 is 6.15. The van der Waals surface area contributed by atoms with Gasteiger partial charge in [-0.05, 0) is 48.5 Å². The predicted molar refractivity (Wildman–Crippen MR) is 106 cm³/mol. The second-order valence-corrected chi connectivity index (χ2v) is 6.43. The van der Waals surface area contributed by atoms with Crippen molar-refractivity contribution in [1.82, 2.24) is 5.32 Å². The van der Waals surface area contributed by atoms with Crippen LogP contribution < -0.4 is 14.8 Å². The van der Waals surface area contributed by atoms with Gasteiger partial charge in [0, 0.05) is 17.1 Å². The predicted octanol–water partition coefficient (Wildman–Crippen LogP) is 5.22. The summed E-state index contributed by atoms with van der Waals surface area (Å²) in [4.78, 5) is 0. The average Bonchev–Trinajstić information content (AvgIpc) is 2.68. The zero-order chi connectivity index (χ0) is 18.2. The monoisotopic (exact) mass is 367 g/mol. The summed E-state index contributed by atoms with van der Waals surface area (Å²) in [6, 6.07) is 23.7. The van der Waals surface area contributed by atoms with E-state index in [1.807, 2.05) is 67.7 Å². The molecule has 4 heteroatoms. The van der Waals surface area contributed by atoms with Crippen molar-refractivity contribution in [2.75, 3.05) is 7.05 Å². The fourth-order valence-corrected chi connectivity index (χ4v) is 2.80. The molecule has 3 aromatic rings. The minimum absolute atomic E-state index is 0.399. The van der Waals surface area contributed by atoms with Gasteiger partial charge in [0.2, 0.25) is 0 Å². The highest BCUT2D eigenvalue weighted by molar-refractivity contribution is 6.30. The number of nitrogens with one attached hydrogen (secondary N) is 1. The Hall–Kier alpha value is -2.49. The van der Waals surface area contributed by atoms with Crippen LogP contribution in [0.25, 0.3) is 0 Å². The number of rotatable bonds is 8. The van der Waals surface area contributed by atoms with Gasteiger partial charge in [-0.2, -0.15) is 0 Å². The van der Waals surface area contributed by atoms with E-state index in [9.17, 15) is 0 Å². The normalized spacial score (nSPS) is 10.5. The van der Waals surface area contributed by atoms with Crippen LogP contribution >= 0.6 is 11.6 Å². The van der Waals surface area contributed by atoms with Crippen LogP contribution in [0.4, 0.5) is 0 Å². The molecule has 0 aliphatic heterocycles. The lowest BCUT2D eigenvalue weighted by Gasteiger charge is -2.13. The van der Waals surface area contributed by atoms with Gasteiger partial charge in [0.15, 0.2) is 0 Å². The van der Waals surface area contributed by atoms with E-state index < -0.39 is 0 Å². The van der Waals surface area contributed by atoms with Crippen LogP contribution in [0.15, 0.2) is 72.8 Å². The van der Waals surface area contributed by atoms with Crippen LogP contribution in [0.5, 0.6) is 11.5 Å². The molecule has 0 aliphatic rings. The lowest BCUT2D eigenvalue weighted by Crippen LogP contribution is -2.05. The highest BCUT2D eigenvalue weighted by Gasteiger charge is 2.07. The molecule has 26 heavy (non-hydrogen) atoms. The molecule has 1 N–H and O–H groups in total. The Balaban J connectivity index is 1.65. The van der Waals surface area contributed by atoms with Crippen molar-refractivity contribution in [3.8, 4) is 11.5 Å². The van der Waals surface area contributed by atoms with Gasteiger partial charge in [-0.1, -0.05) is 54.1 Å². The van der Waals surface area contributed by atoms with Gasteiger partial charge >= 0.3 is 0 Å². The molecule has 0 unspecified atom stereocenters. The van der Waals surface area contributed by atoms with E-state index in [4.69, 9.17) is 21.1 Å². The molecule has 0 radical (unpaired) electrons. The molecule has 0 amide bonds. The average molecular weight is 368 g/mol. The summed E-state index contributed by atoms with van der Waals surface area (Å²) in [7, 11) is 1.93. The molecule has 3 aromatic carbocycles. The Morgan fingerprint density at radius 2 is 1.58 bits per heavy atom. The Morgan fingerprint density at radius 3 is 2.31 bits per heavy atom. The van der Waals surface area contributed by atoms with Gasteiger partial charge in [0.05, 0.1) is 0 Å². The summed E-state index contributed by atoms with van der Waals surface area (Å²) in [6.45, 7) is 1.75. The summed E-state index contributed by atoms with van der Waals surface area (Å²) in [5, 5.41) is 3.80. The van der Waals surface area contributed by atoms with Gasteiger partial charge in [-0.3, -0.25) is 0 Å². The van der Waals surface area contributed by atoms with E-state index in [1.54, 1.807) is 0 Å². The Labute approximate surface area is 159 Å². The zero-order valence-corrected chi connectivity index (χ0v) is 15.5. The molecule has 0 fully saturated rings. The Bertz CT molecular complexity index is 819. The highest BCUT2D eigenvalue weighted by atomic mass is 35.5. The molecule has 0 atom stereocenters. The van der Waals surface area contributed by atoms with E-state index in [-0.39, 0.29) is 0 Å². The second kappa shape index (κ2) is 9.27. The highest BCUT2D eigenvalue weighted by Crippen LogP contribution is 2.25. The van der Waals surface area contributed by atoms with E-state index in [1.165, 1.54) is 5.56 Å². The lowest BCUT2D eigenvalue weighted by molar-refractivity contribution is 0.273. The quantitative estimate of drug-likeness (QED) is 0.592. The standard InChI is InChI=1S/C22H22ClNO2/c1-24-14-17-7-10-21(11-8-17)25-16-19-13-20(23)9-12-22(19)26-15-18-5-3-2-4-6-18/h2-13,24H,14-16H2,1H3. The minimum Gasteiger partial charge on any atom is -0.489 e. The number of ether oxygens (including phenoxy) is 2. The van der Waals surface area contributed by atoms with Crippen molar-refractivity contribution >= 4 is 11.6 Å². The third-order valence-electron chi connectivity index (χ3n) is 3.96. The first-order chi connectivity index (χ1) is 12.7. The van der Waals surface area contributed by atoms with Crippen LogP contribution in [-0.2, 0) is 19.8 Å².